The van der Waals surface area contributed by atoms with Gasteiger partial charge < -0.3 is 5.73 Å². The maximum atomic E-state index is 5.50. The first-order chi connectivity index (χ1) is 6.20. The normalized spacial score (nSPS) is 11.2. The molecule has 0 atom stereocenters. The lowest BCUT2D eigenvalue weighted by molar-refractivity contribution is 0.579. The van der Waals surface area contributed by atoms with E-state index in [1.807, 2.05) is 4.68 Å². The largest absolute Gasteiger partial charge is 0.330 e. The Kier molecular flexibility index (Phi) is 3.42. The molecule has 4 heteroatoms. The highest BCUT2D eigenvalue weighted by atomic mass is 15.4. The SMILES string of the molecule is CCn1nnc(CCN)c1C(C)C. The summed E-state index contributed by atoms with van der Waals surface area (Å²) in [6.07, 6.45) is 0.827. The van der Waals surface area contributed by atoms with E-state index < -0.39 is 0 Å². The molecule has 0 aliphatic carbocycles. The lowest BCUT2D eigenvalue weighted by Gasteiger charge is -2.08. The molecule has 0 saturated heterocycles. The summed E-state index contributed by atoms with van der Waals surface area (Å²) in [6.45, 7) is 7.91. The molecule has 2 N–H and O–H groups in total. The Hall–Kier alpha value is -0.900. The predicted molar refractivity (Wildman–Crippen MR) is 52.5 cm³/mol. The number of hydrogen-bond acceptors (Lipinski definition) is 3. The van der Waals surface area contributed by atoms with Crippen LogP contribution in [0.3, 0.4) is 0 Å². The number of rotatable bonds is 4. The molecule has 0 bridgehead atoms. The molecule has 0 spiro atoms. The van der Waals surface area contributed by atoms with Crippen LogP contribution in [0.5, 0.6) is 0 Å². The van der Waals surface area contributed by atoms with Crippen LogP contribution in [0.2, 0.25) is 0 Å². The average Bonchev–Trinajstić information content (AvgIpc) is 2.48. The van der Waals surface area contributed by atoms with Crippen LogP contribution in [0.15, 0.2) is 0 Å². The molecule has 1 aromatic rings. The Balaban J connectivity index is 2.99. The minimum atomic E-state index is 0.469. The first-order valence-electron chi connectivity index (χ1n) is 4.83. The summed E-state index contributed by atoms with van der Waals surface area (Å²) in [5, 5.41) is 8.22. The first-order valence-corrected chi connectivity index (χ1v) is 4.83. The van der Waals surface area contributed by atoms with Crippen molar-refractivity contribution in [2.75, 3.05) is 6.54 Å². The zero-order valence-electron chi connectivity index (χ0n) is 8.62. The van der Waals surface area contributed by atoms with Crippen LogP contribution in [0, 0.1) is 0 Å². The molecule has 0 unspecified atom stereocenters. The third-order valence-corrected chi connectivity index (χ3v) is 2.07. The van der Waals surface area contributed by atoms with Crippen LogP contribution in [0.25, 0.3) is 0 Å². The van der Waals surface area contributed by atoms with Crippen molar-refractivity contribution in [1.82, 2.24) is 15.0 Å². The predicted octanol–water partition coefficient (Wildman–Crippen LogP) is 0.923. The van der Waals surface area contributed by atoms with Crippen LogP contribution in [0.4, 0.5) is 0 Å². The zero-order valence-corrected chi connectivity index (χ0v) is 8.62. The van der Waals surface area contributed by atoms with E-state index in [0.29, 0.717) is 12.5 Å². The second kappa shape index (κ2) is 4.37. The molecule has 0 fully saturated rings. The highest BCUT2D eigenvalue weighted by molar-refractivity contribution is 5.14. The molecule has 0 saturated carbocycles. The molecule has 0 aliphatic rings. The van der Waals surface area contributed by atoms with Gasteiger partial charge in [0, 0.05) is 13.0 Å². The standard InChI is InChI=1S/C9H18N4/c1-4-13-9(7(2)3)8(5-6-10)11-12-13/h7H,4-6,10H2,1-3H3. The summed E-state index contributed by atoms with van der Waals surface area (Å²) < 4.78 is 1.95. The van der Waals surface area contributed by atoms with Crippen LogP contribution in [0.1, 0.15) is 38.1 Å². The topological polar surface area (TPSA) is 56.7 Å². The van der Waals surface area contributed by atoms with Gasteiger partial charge in [-0.2, -0.15) is 0 Å². The van der Waals surface area contributed by atoms with E-state index in [0.717, 1.165) is 18.7 Å². The van der Waals surface area contributed by atoms with E-state index in [4.69, 9.17) is 5.73 Å². The Bertz CT molecular complexity index is 265. The molecule has 4 nitrogen and oxygen atoms in total. The Morgan fingerprint density at radius 2 is 2.15 bits per heavy atom. The molecule has 0 aliphatic heterocycles. The first kappa shape index (κ1) is 10.2. The third-order valence-electron chi connectivity index (χ3n) is 2.07. The minimum Gasteiger partial charge on any atom is -0.330 e. The highest BCUT2D eigenvalue weighted by Crippen LogP contribution is 2.17. The van der Waals surface area contributed by atoms with Crippen LogP contribution < -0.4 is 5.73 Å². The molecule has 74 valence electrons. The lowest BCUT2D eigenvalue weighted by atomic mass is 10.1. The van der Waals surface area contributed by atoms with Gasteiger partial charge >= 0.3 is 0 Å². The number of aromatic nitrogens is 3. The molecule has 1 rings (SSSR count). The van der Waals surface area contributed by atoms with Crippen molar-refractivity contribution in [2.24, 2.45) is 5.73 Å². The van der Waals surface area contributed by atoms with E-state index in [-0.39, 0.29) is 0 Å². The summed E-state index contributed by atoms with van der Waals surface area (Å²) in [6, 6.07) is 0. The minimum absolute atomic E-state index is 0.469. The smallest absolute Gasteiger partial charge is 0.0874 e. The number of nitrogens with zero attached hydrogens (tertiary/aromatic N) is 3. The van der Waals surface area contributed by atoms with E-state index >= 15 is 0 Å². The van der Waals surface area contributed by atoms with Crippen LogP contribution in [-0.4, -0.2) is 21.5 Å². The number of aryl methyl sites for hydroxylation is 1. The monoisotopic (exact) mass is 182 g/mol. The summed E-state index contributed by atoms with van der Waals surface area (Å²) in [5.74, 6) is 0.469. The van der Waals surface area contributed by atoms with Crippen LogP contribution >= 0.6 is 0 Å². The summed E-state index contributed by atoms with van der Waals surface area (Å²) in [4.78, 5) is 0. The van der Waals surface area contributed by atoms with Gasteiger partial charge in [0.15, 0.2) is 0 Å². The van der Waals surface area contributed by atoms with Gasteiger partial charge in [-0.3, -0.25) is 0 Å². The van der Waals surface area contributed by atoms with Gasteiger partial charge in [0.2, 0.25) is 0 Å². The summed E-state index contributed by atoms with van der Waals surface area (Å²) in [7, 11) is 0. The highest BCUT2D eigenvalue weighted by Gasteiger charge is 2.13. The van der Waals surface area contributed by atoms with Crippen molar-refractivity contribution < 1.29 is 0 Å². The van der Waals surface area contributed by atoms with E-state index in [9.17, 15) is 0 Å². The van der Waals surface area contributed by atoms with Crippen molar-refractivity contribution in [1.29, 1.82) is 0 Å². The van der Waals surface area contributed by atoms with Crippen molar-refractivity contribution in [3.63, 3.8) is 0 Å². The van der Waals surface area contributed by atoms with Gasteiger partial charge in [-0.25, -0.2) is 4.68 Å². The van der Waals surface area contributed by atoms with Gasteiger partial charge in [0.25, 0.3) is 0 Å². The Labute approximate surface area is 79.1 Å². The van der Waals surface area contributed by atoms with Crippen molar-refractivity contribution in [3.05, 3.63) is 11.4 Å². The third kappa shape index (κ3) is 2.06. The van der Waals surface area contributed by atoms with Gasteiger partial charge in [0.1, 0.15) is 0 Å². The van der Waals surface area contributed by atoms with Crippen LogP contribution in [-0.2, 0) is 13.0 Å². The van der Waals surface area contributed by atoms with E-state index in [1.54, 1.807) is 0 Å². The Morgan fingerprint density at radius 1 is 1.46 bits per heavy atom. The maximum absolute atomic E-state index is 5.50. The average molecular weight is 182 g/mol. The molecule has 1 heterocycles. The fraction of sp³-hybridized carbons (Fsp3) is 0.778. The second-order valence-electron chi connectivity index (χ2n) is 3.43. The summed E-state index contributed by atoms with van der Waals surface area (Å²) in [5.41, 5.74) is 7.79. The zero-order chi connectivity index (χ0) is 9.84. The quantitative estimate of drug-likeness (QED) is 0.753. The molecule has 13 heavy (non-hydrogen) atoms. The molecule has 0 aromatic carbocycles. The molecular weight excluding hydrogens is 164 g/mol. The van der Waals surface area contributed by atoms with Crippen molar-refractivity contribution >= 4 is 0 Å². The number of hydrogen-bond donors (Lipinski definition) is 1. The fourth-order valence-corrected chi connectivity index (χ4v) is 1.54. The molecule has 0 amide bonds. The van der Waals surface area contributed by atoms with Gasteiger partial charge in [-0.15, -0.1) is 5.10 Å². The van der Waals surface area contributed by atoms with Gasteiger partial charge in [-0.1, -0.05) is 19.1 Å². The van der Waals surface area contributed by atoms with Gasteiger partial charge in [-0.05, 0) is 19.4 Å². The molecule has 0 radical (unpaired) electrons. The van der Waals surface area contributed by atoms with E-state index in [2.05, 4.69) is 31.1 Å². The lowest BCUT2D eigenvalue weighted by Crippen LogP contribution is -2.09. The fourth-order valence-electron chi connectivity index (χ4n) is 1.54. The Morgan fingerprint density at radius 3 is 2.62 bits per heavy atom. The van der Waals surface area contributed by atoms with Crippen molar-refractivity contribution in [3.8, 4) is 0 Å². The molecular formula is C9H18N4. The van der Waals surface area contributed by atoms with Gasteiger partial charge in [0.05, 0.1) is 11.4 Å². The number of nitrogens with two attached hydrogens (primary N) is 1. The summed E-state index contributed by atoms with van der Waals surface area (Å²) >= 11 is 0. The molecule has 1 aromatic heterocycles. The second-order valence-corrected chi connectivity index (χ2v) is 3.43. The maximum Gasteiger partial charge on any atom is 0.0874 e. The van der Waals surface area contributed by atoms with Crippen molar-refractivity contribution in [2.45, 2.75) is 39.7 Å². The van der Waals surface area contributed by atoms with E-state index in [1.165, 1.54) is 5.69 Å².